The highest BCUT2D eigenvalue weighted by atomic mass is 35.5. The summed E-state index contributed by atoms with van der Waals surface area (Å²) in [6.45, 7) is 3.06. The molecule has 29 heavy (non-hydrogen) atoms. The van der Waals surface area contributed by atoms with Crippen molar-refractivity contribution in [3.63, 3.8) is 0 Å². The smallest absolute Gasteiger partial charge is 0.256 e. The second-order valence-corrected chi connectivity index (χ2v) is 6.97. The van der Waals surface area contributed by atoms with Gasteiger partial charge in [0, 0.05) is 38.3 Å². The first-order valence-electron chi connectivity index (χ1n) is 9.22. The Balaban J connectivity index is 0.00000300. The summed E-state index contributed by atoms with van der Waals surface area (Å²) >= 11 is 0. The molecule has 8 heteroatoms. The molecule has 2 unspecified atom stereocenters. The second kappa shape index (κ2) is 9.80. The molecule has 1 saturated heterocycles. The molecule has 3 rings (SSSR count). The molecule has 0 spiro atoms. The highest BCUT2D eigenvalue weighted by Crippen LogP contribution is 2.22. The first kappa shape index (κ1) is 22.8. The molecule has 0 bridgehead atoms. The van der Waals surface area contributed by atoms with E-state index in [1.54, 1.807) is 11.8 Å². The molecule has 2 aromatic rings. The molecular formula is C21H24ClF2N3O2. The molecule has 0 saturated carbocycles. The van der Waals surface area contributed by atoms with Crippen molar-refractivity contribution in [2.45, 2.75) is 13.0 Å². The number of nitrogens with zero attached hydrogens (tertiary/aromatic N) is 2. The molecule has 1 fully saturated rings. The van der Waals surface area contributed by atoms with Crippen molar-refractivity contribution >= 4 is 24.2 Å². The van der Waals surface area contributed by atoms with Gasteiger partial charge >= 0.3 is 0 Å². The van der Waals surface area contributed by atoms with Crippen LogP contribution in [-0.4, -0.2) is 47.8 Å². The third-order valence-corrected chi connectivity index (χ3v) is 5.15. The molecule has 1 aliphatic rings. The van der Waals surface area contributed by atoms with Gasteiger partial charge in [0.05, 0.1) is 11.5 Å². The third-order valence-electron chi connectivity index (χ3n) is 5.15. The fourth-order valence-corrected chi connectivity index (χ4v) is 3.37. The lowest BCUT2D eigenvalue weighted by molar-refractivity contribution is -0.137. The summed E-state index contributed by atoms with van der Waals surface area (Å²) in [6, 6.07) is 11.9. The van der Waals surface area contributed by atoms with Gasteiger partial charge in [-0.1, -0.05) is 37.3 Å². The molecule has 0 aliphatic carbocycles. The number of benzene rings is 2. The largest absolute Gasteiger partial charge is 0.339 e. The lowest BCUT2D eigenvalue weighted by atomic mass is 9.94. The van der Waals surface area contributed by atoms with Crippen LogP contribution in [0.1, 0.15) is 28.9 Å². The maximum absolute atomic E-state index is 13.9. The summed E-state index contributed by atoms with van der Waals surface area (Å²) in [6.07, 6.45) is 0. The summed E-state index contributed by atoms with van der Waals surface area (Å²) in [5.41, 5.74) is 6.97. The average Bonchev–Trinajstić information content (AvgIpc) is 2.72. The molecule has 1 aliphatic heterocycles. The highest BCUT2D eigenvalue weighted by molar-refractivity contribution is 5.94. The van der Waals surface area contributed by atoms with Gasteiger partial charge in [-0.2, -0.15) is 0 Å². The maximum Gasteiger partial charge on any atom is 0.256 e. The Morgan fingerprint density at radius 2 is 1.55 bits per heavy atom. The first-order chi connectivity index (χ1) is 13.4. The van der Waals surface area contributed by atoms with E-state index in [2.05, 4.69) is 0 Å². The Hall–Kier alpha value is -2.51. The van der Waals surface area contributed by atoms with Gasteiger partial charge in [0.15, 0.2) is 0 Å². The molecule has 2 N–H and O–H groups in total. The molecule has 2 atom stereocenters. The van der Waals surface area contributed by atoms with E-state index in [1.807, 2.05) is 30.3 Å². The van der Waals surface area contributed by atoms with Gasteiger partial charge in [0.25, 0.3) is 5.91 Å². The number of carbonyl (C=O) groups excluding carboxylic acids is 2. The normalized spacial score (nSPS) is 16.0. The van der Waals surface area contributed by atoms with Gasteiger partial charge in [0.1, 0.15) is 11.6 Å². The van der Waals surface area contributed by atoms with Crippen LogP contribution < -0.4 is 5.73 Å². The lowest BCUT2D eigenvalue weighted by Crippen LogP contribution is -2.52. The quantitative estimate of drug-likeness (QED) is 0.822. The monoisotopic (exact) mass is 423 g/mol. The Labute approximate surface area is 174 Å². The molecule has 5 nitrogen and oxygen atoms in total. The zero-order valence-corrected chi connectivity index (χ0v) is 16.9. The molecule has 0 radical (unpaired) electrons. The predicted octanol–water partition coefficient (Wildman–Crippen LogP) is 3.01. The van der Waals surface area contributed by atoms with Crippen LogP contribution in [0.4, 0.5) is 8.78 Å². The summed E-state index contributed by atoms with van der Waals surface area (Å²) in [7, 11) is 0. The predicted molar refractivity (Wildman–Crippen MR) is 109 cm³/mol. The van der Waals surface area contributed by atoms with E-state index in [4.69, 9.17) is 5.73 Å². The van der Waals surface area contributed by atoms with E-state index in [1.165, 1.54) is 4.90 Å². The topological polar surface area (TPSA) is 66.6 Å². The van der Waals surface area contributed by atoms with Gasteiger partial charge in [-0.25, -0.2) is 8.78 Å². The van der Waals surface area contributed by atoms with Crippen molar-refractivity contribution in [2.75, 3.05) is 26.2 Å². The van der Waals surface area contributed by atoms with Crippen LogP contribution >= 0.6 is 12.4 Å². The number of carbonyl (C=O) groups is 2. The van der Waals surface area contributed by atoms with Crippen molar-refractivity contribution in [1.29, 1.82) is 0 Å². The molecular weight excluding hydrogens is 400 g/mol. The first-order valence-corrected chi connectivity index (χ1v) is 9.22. The SMILES string of the molecule is CC(C(=O)N1CCN(C(=O)c2ccc(F)cc2F)CC1)C(N)c1ccccc1.Cl. The van der Waals surface area contributed by atoms with Crippen LogP contribution in [0.5, 0.6) is 0 Å². The number of nitrogens with two attached hydrogens (primary N) is 1. The average molecular weight is 424 g/mol. The van der Waals surface area contributed by atoms with Crippen LogP contribution in [0.2, 0.25) is 0 Å². The Morgan fingerprint density at radius 1 is 0.966 bits per heavy atom. The zero-order chi connectivity index (χ0) is 20.3. The summed E-state index contributed by atoms with van der Waals surface area (Å²) in [5.74, 6) is -2.59. The van der Waals surface area contributed by atoms with Gasteiger partial charge in [-0.15, -0.1) is 12.4 Å². The molecule has 1 heterocycles. The Bertz CT molecular complexity index is 858. The van der Waals surface area contributed by atoms with Crippen LogP contribution in [0.3, 0.4) is 0 Å². The number of piperazine rings is 1. The number of rotatable bonds is 4. The fraction of sp³-hybridized carbons (Fsp3) is 0.333. The number of hydrogen-bond donors (Lipinski definition) is 1. The minimum absolute atomic E-state index is 0. The second-order valence-electron chi connectivity index (χ2n) is 6.97. The minimum Gasteiger partial charge on any atom is -0.339 e. The number of halogens is 3. The van der Waals surface area contributed by atoms with Gasteiger partial charge in [-0.05, 0) is 17.7 Å². The molecule has 2 amide bonds. The Morgan fingerprint density at radius 3 is 2.14 bits per heavy atom. The van der Waals surface area contributed by atoms with Crippen LogP contribution in [0.15, 0.2) is 48.5 Å². The van der Waals surface area contributed by atoms with Gasteiger partial charge < -0.3 is 15.5 Å². The van der Waals surface area contributed by atoms with Crippen molar-refractivity contribution in [1.82, 2.24) is 9.80 Å². The van der Waals surface area contributed by atoms with Crippen LogP contribution in [0, 0.1) is 17.6 Å². The Kier molecular flexibility index (Phi) is 7.70. The maximum atomic E-state index is 13.9. The summed E-state index contributed by atoms with van der Waals surface area (Å²) in [5, 5.41) is 0. The zero-order valence-electron chi connectivity index (χ0n) is 16.1. The van der Waals surface area contributed by atoms with Crippen LogP contribution in [0.25, 0.3) is 0 Å². The molecule has 2 aromatic carbocycles. The highest BCUT2D eigenvalue weighted by Gasteiger charge is 2.31. The van der Waals surface area contributed by atoms with E-state index in [0.29, 0.717) is 19.2 Å². The number of amides is 2. The van der Waals surface area contributed by atoms with E-state index in [9.17, 15) is 18.4 Å². The van der Waals surface area contributed by atoms with E-state index in [0.717, 1.165) is 17.7 Å². The van der Waals surface area contributed by atoms with E-state index in [-0.39, 0.29) is 37.0 Å². The van der Waals surface area contributed by atoms with E-state index >= 15 is 0 Å². The minimum atomic E-state index is -0.883. The van der Waals surface area contributed by atoms with Gasteiger partial charge in [-0.3, -0.25) is 9.59 Å². The molecule has 156 valence electrons. The van der Waals surface area contributed by atoms with Crippen molar-refractivity contribution in [2.24, 2.45) is 11.7 Å². The standard InChI is InChI=1S/C21H23F2N3O2.ClH/c1-14(19(24)15-5-3-2-4-6-15)20(27)25-9-11-26(12-10-25)21(28)17-8-7-16(22)13-18(17)23;/h2-8,13-14,19H,9-12,24H2,1H3;1H. The lowest BCUT2D eigenvalue weighted by Gasteiger charge is -2.37. The third kappa shape index (κ3) is 5.10. The van der Waals surface area contributed by atoms with E-state index < -0.39 is 29.5 Å². The summed E-state index contributed by atoms with van der Waals surface area (Å²) in [4.78, 5) is 28.4. The fourth-order valence-electron chi connectivity index (χ4n) is 3.37. The summed E-state index contributed by atoms with van der Waals surface area (Å²) < 4.78 is 26.9. The van der Waals surface area contributed by atoms with Crippen molar-refractivity contribution in [3.05, 3.63) is 71.3 Å². The molecule has 0 aromatic heterocycles. The number of hydrogen-bond acceptors (Lipinski definition) is 3. The van der Waals surface area contributed by atoms with Gasteiger partial charge in [0.2, 0.25) is 5.91 Å². The van der Waals surface area contributed by atoms with Crippen LogP contribution in [-0.2, 0) is 4.79 Å². The van der Waals surface area contributed by atoms with Crippen molar-refractivity contribution < 1.29 is 18.4 Å². The van der Waals surface area contributed by atoms with Crippen molar-refractivity contribution in [3.8, 4) is 0 Å².